The fourth-order valence-electron chi connectivity index (χ4n) is 1.33. The van der Waals surface area contributed by atoms with Crippen LogP contribution >= 0.6 is 43.2 Å². The van der Waals surface area contributed by atoms with Gasteiger partial charge in [-0.25, -0.2) is 4.98 Å². The number of pyridine rings is 1. The van der Waals surface area contributed by atoms with Crippen LogP contribution in [0.2, 0.25) is 0 Å². The van der Waals surface area contributed by atoms with Gasteiger partial charge in [0.2, 0.25) is 0 Å². The summed E-state index contributed by atoms with van der Waals surface area (Å²) in [6.07, 6.45) is 1.79. The Morgan fingerprint density at radius 3 is 2.88 bits per heavy atom. The smallest absolute Gasteiger partial charge is 0.140 e. The molecule has 0 spiro atoms. The lowest BCUT2D eigenvalue weighted by molar-refractivity contribution is 0.894. The third-order valence-electron chi connectivity index (χ3n) is 2.13. The van der Waals surface area contributed by atoms with Crippen molar-refractivity contribution in [2.75, 3.05) is 5.32 Å². The fraction of sp³-hybridized carbons (Fsp3) is 0.182. The number of hydrogen-bond acceptors (Lipinski definition) is 3. The second-order valence-corrected chi connectivity index (χ2v) is 6.11. The molecule has 0 saturated carbocycles. The highest BCUT2D eigenvalue weighted by molar-refractivity contribution is 9.11. The first-order valence-corrected chi connectivity index (χ1v) is 7.24. The van der Waals surface area contributed by atoms with Crippen LogP contribution in [-0.2, 0) is 0 Å². The van der Waals surface area contributed by atoms with Crippen LogP contribution in [0.1, 0.15) is 17.8 Å². The molecule has 1 atom stereocenters. The van der Waals surface area contributed by atoms with E-state index >= 15 is 0 Å². The minimum absolute atomic E-state index is 0.268. The molecular formula is C11H10Br2N2S. The van der Waals surface area contributed by atoms with Crippen LogP contribution in [0.4, 0.5) is 5.82 Å². The van der Waals surface area contributed by atoms with E-state index < -0.39 is 0 Å². The summed E-state index contributed by atoms with van der Waals surface area (Å²) < 4.78 is 1.93. The third-order valence-corrected chi connectivity index (χ3v) is 4.22. The van der Waals surface area contributed by atoms with E-state index in [4.69, 9.17) is 0 Å². The standard InChI is InChI=1S/C11H10Br2N2S/c1-7(10-3-2-4-16-10)15-11-9(13)5-8(12)6-14-11/h2-7H,1H3,(H,14,15). The summed E-state index contributed by atoms with van der Waals surface area (Å²) in [4.78, 5) is 5.63. The van der Waals surface area contributed by atoms with Gasteiger partial charge < -0.3 is 5.32 Å². The maximum Gasteiger partial charge on any atom is 0.140 e. The van der Waals surface area contributed by atoms with Crippen LogP contribution < -0.4 is 5.32 Å². The van der Waals surface area contributed by atoms with E-state index in [0.717, 1.165) is 14.8 Å². The van der Waals surface area contributed by atoms with E-state index in [1.165, 1.54) is 4.88 Å². The molecule has 0 aliphatic heterocycles. The van der Waals surface area contributed by atoms with Gasteiger partial charge in [-0.3, -0.25) is 0 Å². The fourth-order valence-corrected chi connectivity index (χ4v) is 3.17. The summed E-state index contributed by atoms with van der Waals surface area (Å²) in [7, 11) is 0. The highest BCUT2D eigenvalue weighted by Crippen LogP contribution is 2.28. The van der Waals surface area contributed by atoms with Gasteiger partial charge in [0, 0.05) is 15.5 Å². The number of nitrogens with zero attached hydrogens (tertiary/aromatic N) is 1. The average Bonchev–Trinajstić information content (AvgIpc) is 2.75. The van der Waals surface area contributed by atoms with Crippen LogP contribution in [-0.4, -0.2) is 4.98 Å². The first-order chi connectivity index (χ1) is 7.66. The molecule has 0 fully saturated rings. The predicted molar refractivity (Wildman–Crippen MR) is 76.0 cm³/mol. The third kappa shape index (κ3) is 2.84. The molecule has 2 heterocycles. The van der Waals surface area contributed by atoms with Crippen molar-refractivity contribution >= 4 is 49.0 Å². The van der Waals surface area contributed by atoms with Crippen molar-refractivity contribution in [3.8, 4) is 0 Å². The summed E-state index contributed by atoms with van der Waals surface area (Å²) in [6, 6.07) is 6.43. The molecule has 16 heavy (non-hydrogen) atoms. The van der Waals surface area contributed by atoms with Crippen molar-refractivity contribution < 1.29 is 0 Å². The summed E-state index contributed by atoms with van der Waals surface area (Å²) in [5.41, 5.74) is 0. The van der Waals surface area contributed by atoms with Crippen LogP contribution in [0, 0.1) is 0 Å². The molecule has 2 aromatic heterocycles. The Hall–Kier alpha value is -0.390. The number of halogens is 2. The van der Waals surface area contributed by atoms with Crippen molar-refractivity contribution in [1.29, 1.82) is 0 Å². The van der Waals surface area contributed by atoms with Gasteiger partial charge in [-0.15, -0.1) is 11.3 Å². The highest BCUT2D eigenvalue weighted by Gasteiger charge is 2.09. The number of rotatable bonds is 3. The molecule has 0 saturated heterocycles. The highest BCUT2D eigenvalue weighted by atomic mass is 79.9. The largest absolute Gasteiger partial charge is 0.362 e. The summed E-state index contributed by atoms with van der Waals surface area (Å²) >= 11 is 8.61. The molecule has 0 aliphatic rings. The zero-order valence-corrected chi connectivity index (χ0v) is 12.6. The van der Waals surface area contributed by atoms with Crippen LogP contribution in [0.15, 0.2) is 38.7 Å². The van der Waals surface area contributed by atoms with Gasteiger partial charge in [-0.05, 0) is 56.3 Å². The lowest BCUT2D eigenvalue weighted by Gasteiger charge is -2.14. The van der Waals surface area contributed by atoms with Crippen LogP contribution in [0.25, 0.3) is 0 Å². The second kappa shape index (κ2) is 5.29. The zero-order valence-electron chi connectivity index (χ0n) is 8.58. The molecule has 0 bridgehead atoms. The van der Waals surface area contributed by atoms with E-state index in [9.17, 15) is 0 Å². The van der Waals surface area contributed by atoms with Crippen LogP contribution in [0.3, 0.4) is 0 Å². The molecular weight excluding hydrogens is 352 g/mol. The molecule has 1 N–H and O–H groups in total. The Morgan fingerprint density at radius 2 is 2.25 bits per heavy atom. The second-order valence-electron chi connectivity index (χ2n) is 3.37. The van der Waals surface area contributed by atoms with E-state index in [1.54, 1.807) is 17.5 Å². The number of hydrogen-bond donors (Lipinski definition) is 1. The summed E-state index contributed by atoms with van der Waals surface area (Å²) in [5, 5.41) is 5.45. The number of anilines is 1. The molecule has 2 nitrogen and oxygen atoms in total. The van der Waals surface area contributed by atoms with Gasteiger partial charge in [-0.1, -0.05) is 6.07 Å². The number of thiophene rings is 1. The summed E-state index contributed by atoms with van der Waals surface area (Å²) in [6.45, 7) is 2.13. The van der Waals surface area contributed by atoms with Gasteiger partial charge >= 0.3 is 0 Å². The Kier molecular flexibility index (Phi) is 4.00. The van der Waals surface area contributed by atoms with Crippen molar-refractivity contribution in [2.45, 2.75) is 13.0 Å². The molecule has 2 rings (SSSR count). The summed E-state index contributed by atoms with van der Waals surface area (Å²) in [5.74, 6) is 0.865. The molecule has 0 radical (unpaired) electrons. The normalized spacial score (nSPS) is 12.4. The monoisotopic (exact) mass is 360 g/mol. The van der Waals surface area contributed by atoms with Gasteiger partial charge in [0.05, 0.1) is 10.5 Å². The van der Waals surface area contributed by atoms with Crippen molar-refractivity contribution in [3.05, 3.63) is 43.6 Å². The molecule has 1 unspecified atom stereocenters. The molecule has 0 amide bonds. The molecule has 84 valence electrons. The van der Waals surface area contributed by atoms with Gasteiger partial charge in [0.15, 0.2) is 0 Å². The topological polar surface area (TPSA) is 24.9 Å². The van der Waals surface area contributed by atoms with Crippen molar-refractivity contribution in [2.24, 2.45) is 0 Å². The van der Waals surface area contributed by atoms with Crippen molar-refractivity contribution in [1.82, 2.24) is 4.98 Å². The number of aromatic nitrogens is 1. The quantitative estimate of drug-likeness (QED) is 0.845. The number of nitrogens with one attached hydrogen (secondary N) is 1. The van der Waals surface area contributed by atoms with Gasteiger partial charge in [0.25, 0.3) is 0 Å². The first kappa shape index (κ1) is 12.1. The molecule has 0 aliphatic carbocycles. The molecule has 5 heteroatoms. The Bertz CT molecular complexity index is 471. The minimum Gasteiger partial charge on any atom is -0.362 e. The van der Waals surface area contributed by atoms with Gasteiger partial charge in [0.1, 0.15) is 5.82 Å². The molecule has 0 aromatic carbocycles. The first-order valence-electron chi connectivity index (χ1n) is 4.78. The van der Waals surface area contributed by atoms with Crippen molar-refractivity contribution in [3.63, 3.8) is 0 Å². The van der Waals surface area contributed by atoms with E-state index in [2.05, 4.69) is 66.6 Å². The maximum atomic E-state index is 4.33. The van der Waals surface area contributed by atoms with E-state index in [0.29, 0.717) is 0 Å². The predicted octanol–water partition coefficient (Wildman–Crippen LogP) is 4.84. The molecule has 2 aromatic rings. The maximum absolute atomic E-state index is 4.33. The van der Waals surface area contributed by atoms with E-state index in [-0.39, 0.29) is 6.04 Å². The Labute approximate surface area is 115 Å². The Balaban J connectivity index is 2.15. The lowest BCUT2D eigenvalue weighted by Crippen LogP contribution is -2.06. The lowest BCUT2D eigenvalue weighted by atomic mass is 10.3. The average molecular weight is 362 g/mol. The van der Waals surface area contributed by atoms with Gasteiger partial charge in [-0.2, -0.15) is 0 Å². The minimum atomic E-state index is 0.268. The zero-order chi connectivity index (χ0) is 11.5. The van der Waals surface area contributed by atoms with E-state index in [1.807, 2.05) is 6.07 Å². The van der Waals surface area contributed by atoms with Crippen LogP contribution in [0.5, 0.6) is 0 Å². The SMILES string of the molecule is CC(Nc1ncc(Br)cc1Br)c1cccs1. The Morgan fingerprint density at radius 1 is 1.44 bits per heavy atom.